The summed E-state index contributed by atoms with van der Waals surface area (Å²) in [5.74, 6) is 0.927. The molecule has 0 aromatic heterocycles. The van der Waals surface area contributed by atoms with E-state index in [9.17, 15) is 9.59 Å². The zero-order valence-electron chi connectivity index (χ0n) is 17.4. The van der Waals surface area contributed by atoms with E-state index in [2.05, 4.69) is 30.5 Å². The first-order chi connectivity index (χ1) is 14.0. The van der Waals surface area contributed by atoms with Gasteiger partial charge in [0, 0.05) is 17.5 Å². The molecule has 0 aliphatic heterocycles. The first-order valence-electron chi connectivity index (χ1n) is 10.3. The van der Waals surface area contributed by atoms with Crippen molar-refractivity contribution < 1.29 is 14.3 Å². The molecule has 154 valence electrons. The molecule has 1 aliphatic rings. The Bertz CT molecular complexity index is 855. The first kappa shape index (κ1) is 20.9. The van der Waals surface area contributed by atoms with Gasteiger partial charge >= 0.3 is 0 Å². The number of carbonyl (C=O) groups is 2. The quantitative estimate of drug-likeness (QED) is 0.707. The second-order valence-corrected chi connectivity index (χ2v) is 7.97. The lowest BCUT2D eigenvalue weighted by atomic mass is 9.81. The lowest BCUT2D eigenvalue weighted by Gasteiger charge is -2.27. The number of amides is 2. The monoisotopic (exact) mass is 394 g/mol. The summed E-state index contributed by atoms with van der Waals surface area (Å²) in [6.45, 7) is 4.24. The Balaban J connectivity index is 1.55. The largest absolute Gasteiger partial charge is 0.495 e. The van der Waals surface area contributed by atoms with E-state index in [1.165, 1.54) is 0 Å². The highest BCUT2D eigenvalue weighted by Crippen LogP contribution is 2.32. The summed E-state index contributed by atoms with van der Waals surface area (Å²) in [7, 11) is 1.59. The highest BCUT2D eigenvalue weighted by Gasteiger charge is 2.30. The second-order valence-electron chi connectivity index (χ2n) is 7.97. The number of ether oxygens (including phenoxy) is 1. The van der Waals surface area contributed by atoms with Gasteiger partial charge in [0.25, 0.3) is 0 Å². The lowest BCUT2D eigenvalue weighted by molar-refractivity contribution is -0.125. The first-order valence-corrected chi connectivity index (χ1v) is 10.3. The summed E-state index contributed by atoms with van der Waals surface area (Å²) in [5.41, 5.74) is 2.72. The molecule has 0 unspecified atom stereocenters. The van der Waals surface area contributed by atoms with Crippen LogP contribution in [0.3, 0.4) is 0 Å². The molecule has 1 saturated carbocycles. The Morgan fingerprint density at radius 1 is 0.828 bits per heavy atom. The average Bonchev–Trinajstić information content (AvgIpc) is 2.74. The summed E-state index contributed by atoms with van der Waals surface area (Å²) in [4.78, 5) is 25.4. The van der Waals surface area contributed by atoms with Crippen LogP contribution < -0.4 is 15.4 Å². The van der Waals surface area contributed by atoms with Gasteiger partial charge in [0.1, 0.15) is 5.75 Å². The van der Waals surface area contributed by atoms with Crippen LogP contribution in [0.1, 0.15) is 51.0 Å². The number of nitrogens with one attached hydrogen (secondary N) is 2. The number of methoxy groups -OCH3 is 1. The number of anilines is 2. The number of para-hydroxylation sites is 3. The zero-order valence-corrected chi connectivity index (χ0v) is 17.4. The lowest BCUT2D eigenvalue weighted by Crippen LogP contribution is -2.32. The molecule has 0 radical (unpaired) electrons. The van der Waals surface area contributed by atoms with Crippen molar-refractivity contribution in [2.24, 2.45) is 11.8 Å². The van der Waals surface area contributed by atoms with E-state index in [0.717, 1.165) is 24.1 Å². The average molecular weight is 395 g/mol. The molecule has 5 nitrogen and oxygen atoms in total. The van der Waals surface area contributed by atoms with Crippen LogP contribution >= 0.6 is 0 Å². The summed E-state index contributed by atoms with van der Waals surface area (Å²) in [6.07, 6.45) is 2.87. The van der Waals surface area contributed by atoms with Crippen LogP contribution in [0.5, 0.6) is 5.75 Å². The van der Waals surface area contributed by atoms with Gasteiger partial charge in [0.2, 0.25) is 11.8 Å². The fourth-order valence-electron chi connectivity index (χ4n) is 3.95. The molecule has 0 saturated heterocycles. The highest BCUT2D eigenvalue weighted by molar-refractivity contribution is 5.95. The molecule has 2 amide bonds. The minimum absolute atomic E-state index is 0.00138. The number of carbonyl (C=O) groups excluding carboxylic acids is 2. The minimum Gasteiger partial charge on any atom is -0.495 e. The maximum Gasteiger partial charge on any atom is 0.227 e. The molecule has 2 aromatic carbocycles. The van der Waals surface area contributed by atoms with E-state index in [1.807, 2.05) is 42.5 Å². The number of rotatable bonds is 6. The van der Waals surface area contributed by atoms with E-state index in [4.69, 9.17) is 4.74 Å². The van der Waals surface area contributed by atoms with Crippen LogP contribution in [0.2, 0.25) is 0 Å². The predicted octanol–water partition coefficient (Wildman–Crippen LogP) is 5.20. The molecule has 29 heavy (non-hydrogen) atoms. The van der Waals surface area contributed by atoms with Crippen molar-refractivity contribution in [3.63, 3.8) is 0 Å². The topological polar surface area (TPSA) is 67.4 Å². The summed E-state index contributed by atoms with van der Waals surface area (Å²) < 4.78 is 5.30. The van der Waals surface area contributed by atoms with Gasteiger partial charge in [-0.15, -0.1) is 0 Å². The standard InChI is InChI=1S/C24H30N2O3/c1-16(2)19-8-4-5-9-20(19)25-23(27)17-12-14-18(15-13-17)24(28)26-21-10-6-7-11-22(21)29-3/h4-11,16-18H,12-15H2,1-3H3,(H,25,27)(H,26,28). The molecule has 2 aromatic rings. The van der Waals surface area contributed by atoms with Crippen molar-refractivity contribution >= 4 is 23.2 Å². The molecule has 5 heteroatoms. The van der Waals surface area contributed by atoms with E-state index in [-0.39, 0.29) is 23.7 Å². The maximum atomic E-state index is 12.8. The van der Waals surface area contributed by atoms with Crippen LogP contribution in [-0.2, 0) is 9.59 Å². The third kappa shape index (κ3) is 5.17. The van der Waals surface area contributed by atoms with Gasteiger partial charge in [-0.05, 0) is 55.4 Å². The molecule has 2 N–H and O–H groups in total. The minimum atomic E-state index is -0.0769. The number of hydrogen-bond donors (Lipinski definition) is 2. The number of benzene rings is 2. The smallest absolute Gasteiger partial charge is 0.227 e. The van der Waals surface area contributed by atoms with Crippen molar-refractivity contribution in [3.05, 3.63) is 54.1 Å². The zero-order chi connectivity index (χ0) is 20.8. The van der Waals surface area contributed by atoms with Gasteiger partial charge in [0.05, 0.1) is 12.8 Å². The van der Waals surface area contributed by atoms with Crippen LogP contribution in [0.15, 0.2) is 48.5 Å². The van der Waals surface area contributed by atoms with E-state index in [0.29, 0.717) is 30.2 Å². The summed E-state index contributed by atoms with van der Waals surface area (Å²) in [6, 6.07) is 15.4. The predicted molar refractivity (Wildman–Crippen MR) is 116 cm³/mol. The molecular formula is C24H30N2O3. The third-order valence-electron chi connectivity index (χ3n) is 5.67. The molecule has 0 atom stereocenters. The van der Waals surface area contributed by atoms with Crippen LogP contribution in [-0.4, -0.2) is 18.9 Å². The molecule has 0 bridgehead atoms. The third-order valence-corrected chi connectivity index (χ3v) is 5.67. The van der Waals surface area contributed by atoms with Gasteiger partial charge in [-0.25, -0.2) is 0 Å². The van der Waals surface area contributed by atoms with E-state index >= 15 is 0 Å². The van der Waals surface area contributed by atoms with Gasteiger partial charge in [-0.3, -0.25) is 9.59 Å². The van der Waals surface area contributed by atoms with Gasteiger partial charge in [-0.1, -0.05) is 44.2 Å². The second kappa shape index (κ2) is 9.59. The number of hydrogen-bond acceptors (Lipinski definition) is 3. The Morgan fingerprint density at radius 2 is 1.31 bits per heavy atom. The van der Waals surface area contributed by atoms with Crippen molar-refractivity contribution in [1.29, 1.82) is 0 Å². The Kier molecular flexibility index (Phi) is 6.91. The van der Waals surface area contributed by atoms with Crippen molar-refractivity contribution in [2.75, 3.05) is 17.7 Å². The molecule has 1 fully saturated rings. The Hall–Kier alpha value is -2.82. The highest BCUT2D eigenvalue weighted by atomic mass is 16.5. The fraction of sp³-hybridized carbons (Fsp3) is 0.417. The summed E-state index contributed by atoms with van der Waals surface area (Å²) >= 11 is 0. The Labute approximate surface area is 172 Å². The molecule has 3 rings (SSSR count). The van der Waals surface area contributed by atoms with Crippen LogP contribution in [0, 0.1) is 11.8 Å². The molecule has 0 spiro atoms. The van der Waals surface area contributed by atoms with Gasteiger partial charge in [0.15, 0.2) is 0 Å². The van der Waals surface area contributed by atoms with E-state index < -0.39 is 0 Å². The van der Waals surface area contributed by atoms with Crippen molar-refractivity contribution in [1.82, 2.24) is 0 Å². The van der Waals surface area contributed by atoms with Crippen molar-refractivity contribution in [3.8, 4) is 5.75 Å². The van der Waals surface area contributed by atoms with Gasteiger partial charge in [-0.2, -0.15) is 0 Å². The van der Waals surface area contributed by atoms with Crippen molar-refractivity contribution in [2.45, 2.75) is 45.4 Å². The van der Waals surface area contributed by atoms with E-state index in [1.54, 1.807) is 7.11 Å². The molecule has 0 heterocycles. The molecular weight excluding hydrogens is 364 g/mol. The van der Waals surface area contributed by atoms with Gasteiger partial charge < -0.3 is 15.4 Å². The SMILES string of the molecule is COc1ccccc1NC(=O)C1CCC(C(=O)Nc2ccccc2C(C)C)CC1. The van der Waals surface area contributed by atoms with Crippen LogP contribution in [0.25, 0.3) is 0 Å². The normalized spacial score (nSPS) is 18.9. The summed E-state index contributed by atoms with van der Waals surface area (Å²) in [5, 5.41) is 6.08. The fourth-order valence-corrected chi connectivity index (χ4v) is 3.95. The van der Waals surface area contributed by atoms with Crippen LogP contribution in [0.4, 0.5) is 11.4 Å². The Morgan fingerprint density at radius 3 is 1.86 bits per heavy atom. The maximum absolute atomic E-state index is 12.8. The molecule has 1 aliphatic carbocycles.